The van der Waals surface area contributed by atoms with Crippen LogP contribution in [0.2, 0.25) is 0 Å². The number of hydrogen-bond donors (Lipinski definition) is 1. The van der Waals surface area contributed by atoms with Crippen LogP contribution in [0.1, 0.15) is 45.1 Å². The molecule has 1 heterocycles. The normalized spacial score (nSPS) is 19.1. The average molecular weight is 275 g/mol. The van der Waals surface area contributed by atoms with Gasteiger partial charge in [-0.1, -0.05) is 26.0 Å². The lowest BCUT2D eigenvalue weighted by Gasteiger charge is -2.21. The lowest BCUT2D eigenvalue weighted by Crippen LogP contribution is -2.25. The molecule has 110 valence electrons. The Bertz CT molecular complexity index is 419. The molecule has 1 aromatic carbocycles. The van der Waals surface area contributed by atoms with Gasteiger partial charge < -0.3 is 10.1 Å². The minimum absolute atomic E-state index is 0.0495. The zero-order chi connectivity index (χ0) is 14.4. The highest BCUT2D eigenvalue weighted by atomic mass is 16.5. The standard InChI is InChI=1S/C17H25NO2/c1-13(2)11-14-6-8-15(9-7-14)18-17(19)12-16-5-3-4-10-20-16/h6-9,13,16H,3-5,10-12H2,1-2H3,(H,18,19). The van der Waals surface area contributed by atoms with Crippen LogP contribution in [-0.4, -0.2) is 18.6 Å². The van der Waals surface area contributed by atoms with Gasteiger partial charge in [-0.3, -0.25) is 4.79 Å². The summed E-state index contributed by atoms with van der Waals surface area (Å²) in [5.74, 6) is 0.701. The molecule has 0 bridgehead atoms. The topological polar surface area (TPSA) is 38.3 Å². The predicted octanol–water partition coefficient (Wildman–Crippen LogP) is 3.78. The SMILES string of the molecule is CC(C)Cc1ccc(NC(=O)CC2CCCCO2)cc1. The van der Waals surface area contributed by atoms with Gasteiger partial charge in [0, 0.05) is 12.3 Å². The fraction of sp³-hybridized carbons (Fsp3) is 0.588. The summed E-state index contributed by atoms with van der Waals surface area (Å²) in [5, 5.41) is 2.95. The summed E-state index contributed by atoms with van der Waals surface area (Å²) < 4.78 is 5.59. The maximum absolute atomic E-state index is 12.0. The third kappa shape index (κ3) is 4.97. The van der Waals surface area contributed by atoms with Crippen molar-refractivity contribution in [3.63, 3.8) is 0 Å². The number of nitrogens with one attached hydrogen (secondary N) is 1. The molecule has 0 aromatic heterocycles. The van der Waals surface area contributed by atoms with Crippen molar-refractivity contribution in [2.75, 3.05) is 11.9 Å². The van der Waals surface area contributed by atoms with Crippen molar-refractivity contribution in [2.45, 2.75) is 52.1 Å². The Balaban J connectivity index is 1.81. The predicted molar refractivity (Wildman–Crippen MR) is 81.8 cm³/mol. The van der Waals surface area contributed by atoms with Gasteiger partial charge in [-0.15, -0.1) is 0 Å². The summed E-state index contributed by atoms with van der Waals surface area (Å²) in [6.07, 6.45) is 4.93. The molecule has 0 spiro atoms. The maximum atomic E-state index is 12.0. The third-order valence-corrected chi connectivity index (χ3v) is 3.57. The van der Waals surface area contributed by atoms with Crippen molar-refractivity contribution in [3.8, 4) is 0 Å². The molecule has 1 saturated heterocycles. The van der Waals surface area contributed by atoms with Crippen LogP contribution in [-0.2, 0) is 16.0 Å². The number of amides is 1. The highest BCUT2D eigenvalue weighted by Crippen LogP contribution is 2.17. The van der Waals surface area contributed by atoms with Crippen molar-refractivity contribution >= 4 is 11.6 Å². The third-order valence-electron chi connectivity index (χ3n) is 3.57. The Morgan fingerprint density at radius 1 is 1.30 bits per heavy atom. The molecule has 1 fully saturated rings. The smallest absolute Gasteiger partial charge is 0.226 e. The molecular weight excluding hydrogens is 250 g/mol. The summed E-state index contributed by atoms with van der Waals surface area (Å²) in [7, 11) is 0. The van der Waals surface area contributed by atoms with Crippen LogP contribution < -0.4 is 5.32 Å². The van der Waals surface area contributed by atoms with Crippen LogP contribution in [0.5, 0.6) is 0 Å². The summed E-state index contributed by atoms with van der Waals surface area (Å²) in [6, 6.07) is 8.15. The quantitative estimate of drug-likeness (QED) is 0.888. The van der Waals surface area contributed by atoms with E-state index in [-0.39, 0.29) is 12.0 Å². The largest absolute Gasteiger partial charge is 0.378 e. The van der Waals surface area contributed by atoms with Gasteiger partial charge in [-0.2, -0.15) is 0 Å². The fourth-order valence-electron chi connectivity index (χ4n) is 2.58. The Labute approximate surface area is 121 Å². The second-order valence-corrected chi connectivity index (χ2v) is 6.04. The Kier molecular flexibility index (Phi) is 5.60. The van der Waals surface area contributed by atoms with Gasteiger partial charge in [0.1, 0.15) is 0 Å². The molecule has 1 N–H and O–H groups in total. The first-order chi connectivity index (χ1) is 9.63. The molecule has 1 aromatic rings. The molecule has 3 nitrogen and oxygen atoms in total. The molecule has 1 aliphatic heterocycles. The molecule has 0 aliphatic carbocycles. The van der Waals surface area contributed by atoms with E-state index in [0.717, 1.165) is 31.6 Å². The van der Waals surface area contributed by atoms with Crippen molar-refractivity contribution in [3.05, 3.63) is 29.8 Å². The number of rotatable bonds is 5. The zero-order valence-corrected chi connectivity index (χ0v) is 12.5. The molecular formula is C17H25NO2. The number of carbonyl (C=O) groups excluding carboxylic acids is 1. The number of hydrogen-bond acceptors (Lipinski definition) is 2. The zero-order valence-electron chi connectivity index (χ0n) is 12.5. The molecule has 1 aliphatic rings. The van der Waals surface area contributed by atoms with Gasteiger partial charge in [-0.25, -0.2) is 0 Å². The maximum Gasteiger partial charge on any atom is 0.226 e. The fourth-order valence-corrected chi connectivity index (χ4v) is 2.58. The van der Waals surface area contributed by atoms with E-state index in [1.165, 1.54) is 12.0 Å². The second-order valence-electron chi connectivity index (χ2n) is 6.04. The molecule has 2 rings (SSSR count). The highest BCUT2D eigenvalue weighted by molar-refractivity contribution is 5.91. The Morgan fingerprint density at radius 2 is 2.05 bits per heavy atom. The first-order valence-electron chi connectivity index (χ1n) is 7.64. The lowest BCUT2D eigenvalue weighted by atomic mass is 10.0. The Hall–Kier alpha value is -1.35. The van der Waals surface area contributed by atoms with E-state index in [1.807, 2.05) is 12.1 Å². The van der Waals surface area contributed by atoms with Gasteiger partial charge in [0.05, 0.1) is 12.5 Å². The van der Waals surface area contributed by atoms with Crippen LogP contribution in [0.4, 0.5) is 5.69 Å². The van der Waals surface area contributed by atoms with Gasteiger partial charge in [0.25, 0.3) is 0 Å². The monoisotopic (exact) mass is 275 g/mol. The average Bonchev–Trinajstić information content (AvgIpc) is 2.41. The molecule has 1 atom stereocenters. The van der Waals surface area contributed by atoms with Crippen molar-refractivity contribution in [2.24, 2.45) is 5.92 Å². The van der Waals surface area contributed by atoms with Gasteiger partial charge in [-0.05, 0) is 49.3 Å². The van der Waals surface area contributed by atoms with Crippen molar-refractivity contribution in [1.29, 1.82) is 0 Å². The molecule has 20 heavy (non-hydrogen) atoms. The van der Waals surface area contributed by atoms with E-state index >= 15 is 0 Å². The minimum atomic E-state index is 0.0495. The van der Waals surface area contributed by atoms with Crippen molar-refractivity contribution < 1.29 is 9.53 Å². The second kappa shape index (κ2) is 7.44. The van der Waals surface area contributed by atoms with Crippen LogP contribution in [0.3, 0.4) is 0 Å². The molecule has 1 amide bonds. The van der Waals surface area contributed by atoms with Gasteiger partial charge in [0.2, 0.25) is 5.91 Å². The molecule has 0 saturated carbocycles. The van der Waals surface area contributed by atoms with Gasteiger partial charge >= 0.3 is 0 Å². The van der Waals surface area contributed by atoms with Gasteiger partial charge in [0.15, 0.2) is 0 Å². The van der Waals surface area contributed by atoms with E-state index in [2.05, 4.69) is 31.3 Å². The van der Waals surface area contributed by atoms with E-state index in [4.69, 9.17) is 4.74 Å². The summed E-state index contributed by atoms with van der Waals surface area (Å²) >= 11 is 0. The molecule has 3 heteroatoms. The van der Waals surface area contributed by atoms with Crippen LogP contribution >= 0.6 is 0 Å². The van der Waals surface area contributed by atoms with Crippen LogP contribution in [0.25, 0.3) is 0 Å². The van der Waals surface area contributed by atoms with E-state index < -0.39 is 0 Å². The molecule has 0 radical (unpaired) electrons. The van der Waals surface area contributed by atoms with E-state index in [1.54, 1.807) is 0 Å². The minimum Gasteiger partial charge on any atom is -0.378 e. The first-order valence-corrected chi connectivity index (χ1v) is 7.64. The summed E-state index contributed by atoms with van der Waals surface area (Å²) in [4.78, 5) is 12.0. The summed E-state index contributed by atoms with van der Waals surface area (Å²) in [6.45, 7) is 5.21. The highest BCUT2D eigenvalue weighted by Gasteiger charge is 2.17. The first kappa shape index (κ1) is 15.0. The van der Waals surface area contributed by atoms with Crippen molar-refractivity contribution in [1.82, 2.24) is 0 Å². The summed E-state index contributed by atoms with van der Waals surface area (Å²) in [5.41, 5.74) is 2.19. The van der Waals surface area contributed by atoms with Crippen LogP contribution in [0, 0.1) is 5.92 Å². The number of benzene rings is 1. The number of anilines is 1. The Morgan fingerprint density at radius 3 is 2.65 bits per heavy atom. The number of ether oxygens (including phenoxy) is 1. The molecule has 1 unspecified atom stereocenters. The lowest BCUT2D eigenvalue weighted by molar-refractivity contribution is -0.119. The van der Waals surface area contributed by atoms with Crippen LogP contribution in [0.15, 0.2) is 24.3 Å². The number of carbonyl (C=O) groups is 1. The van der Waals surface area contributed by atoms with E-state index in [0.29, 0.717) is 12.3 Å². The van der Waals surface area contributed by atoms with E-state index in [9.17, 15) is 4.79 Å².